The zero-order chi connectivity index (χ0) is 14.3. The minimum Gasteiger partial charge on any atom is -0.370 e. The number of hydrogen-bond donors (Lipinski definition) is 6. The lowest BCUT2D eigenvalue weighted by Crippen LogP contribution is -2.39. The largest absolute Gasteiger partial charge is 0.370 e. The number of aryl methyl sites for hydroxylation is 1. The molecule has 1 rings (SSSR count). The summed E-state index contributed by atoms with van der Waals surface area (Å²) in [5.74, 6) is -0.625. The van der Waals surface area contributed by atoms with Gasteiger partial charge in [-0.1, -0.05) is 18.2 Å². The Kier molecular flexibility index (Phi) is 5.79. The van der Waals surface area contributed by atoms with Crippen LogP contribution in [-0.2, 0) is 10.1 Å². The Hall–Kier alpha value is -2.13. The molecule has 0 saturated heterocycles. The van der Waals surface area contributed by atoms with Crippen molar-refractivity contribution in [2.45, 2.75) is 11.8 Å². The molecule has 9 heteroatoms. The highest BCUT2D eigenvalue weighted by atomic mass is 32.2. The van der Waals surface area contributed by atoms with E-state index < -0.39 is 10.1 Å². The maximum atomic E-state index is 10.6. The summed E-state index contributed by atoms with van der Waals surface area (Å²) in [5, 5.41) is 15.0. The molecule has 1 aromatic rings. The third kappa shape index (κ3) is 6.45. The van der Waals surface area contributed by atoms with Crippen LogP contribution in [0.25, 0.3) is 0 Å². The van der Waals surface area contributed by atoms with Gasteiger partial charge >= 0.3 is 0 Å². The molecule has 100 valence electrons. The molecule has 0 saturated carbocycles. The highest BCUT2D eigenvalue weighted by molar-refractivity contribution is 7.85. The summed E-state index contributed by atoms with van der Waals surface area (Å²) >= 11 is 0. The Morgan fingerprint density at radius 3 is 1.89 bits per heavy atom. The molecule has 8 N–H and O–H groups in total. The molecule has 0 radical (unpaired) electrons. The van der Waals surface area contributed by atoms with E-state index in [1.165, 1.54) is 6.07 Å². The van der Waals surface area contributed by atoms with Gasteiger partial charge in [0.1, 0.15) is 0 Å². The van der Waals surface area contributed by atoms with Crippen molar-refractivity contribution in [3.8, 4) is 0 Å². The Labute approximate surface area is 105 Å². The van der Waals surface area contributed by atoms with Gasteiger partial charge in [-0.3, -0.25) is 20.7 Å². The Balaban J connectivity index is 0.000000360. The van der Waals surface area contributed by atoms with E-state index >= 15 is 0 Å². The highest BCUT2D eigenvalue weighted by Gasteiger charge is 2.10. The molecular formula is C9H15N5O3S. The molecule has 18 heavy (non-hydrogen) atoms. The van der Waals surface area contributed by atoms with Crippen molar-refractivity contribution in [1.82, 2.24) is 5.32 Å². The van der Waals surface area contributed by atoms with Crippen molar-refractivity contribution in [3.63, 3.8) is 0 Å². The van der Waals surface area contributed by atoms with Crippen LogP contribution >= 0.6 is 0 Å². The SMILES string of the molecule is Cc1ccccc1S(=O)(=O)O.N=C(N)NC(=N)N. The lowest BCUT2D eigenvalue weighted by Gasteiger charge is -1.99. The topological polar surface area (TPSA) is 166 Å². The lowest BCUT2D eigenvalue weighted by molar-refractivity contribution is 0.482. The van der Waals surface area contributed by atoms with E-state index in [-0.39, 0.29) is 16.8 Å². The predicted molar refractivity (Wildman–Crippen MR) is 68.0 cm³/mol. The predicted octanol–water partition coefficient (Wildman–Crippen LogP) is -0.395. The molecule has 0 aliphatic rings. The van der Waals surface area contributed by atoms with E-state index in [9.17, 15) is 8.42 Å². The summed E-state index contributed by atoms with van der Waals surface area (Å²) in [6.45, 7) is 1.63. The number of rotatable bonds is 1. The monoisotopic (exact) mass is 273 g/mol. The second-order valence-electron chi connectivity index (χ2n) is 3.19. The third-order valence-corrected chi connectivity index (χ3v) is 2.65. The molecule has 0 atom stereocenters. The molecule has 0 fully saturated rings. The minimum atomic E-state index is -4.03. The van der Waals surface area contributed by atoms with E-state index in [2.05, 4.69) is 0 Å². The highest BCUT2D eigenvalue weighted by Crippen LogP contribution is 2.12. The van der Waals surface area contributed by atoms with E-state index in [1.54, 1.807) is 25.1 Å². The quantitative estimate of drug-likeness (QED) is 0.231. The zero-order valence-electron chi connectivity index (χ0n) is 9.64. The number of benzene rings is 1. The van der Waals surface area contributed by atoms with Crippen LogP contribution in [0.2, 0.25) is 0 Å². The molecule has 1 aromatic carbocycles. The Morgan fingerprint density at radius 2 is 1.67 bits per heavy atom. The summed E-state index contributed by atoms with van der Waals surface area (Å²) in [4.78, 5) is -0.0278. The molecular weight excluding hydrogens is 258 g/mol. The number of guanidine groups is 2. The van der Waals surface area contributed by atoms with Gasteiger partial charge in [0.2, 0.25) is 0 Å². The van der Waals surface area contributed by atoms with Gasteiger partial charge in [-0.15, -0.1) is 0 Å². The van der Waals surface area contributed by atoms with Gasteiger partial charge in [0, 0.05) is 0 Å². The molecule has 0 aliphatic carbocycles. The summed E-state index contributed by atoms with van der Waals surface area (Å²) in [6.07, 6.45) is 0. The summed E-state index contributed by atoms with van der Waals surface area (Å²) in [6, 6.07) is 6.27. The second kappa shape index (κ2) is 6.57. The molecule has 0 spiro atoms. The number of nitrogens with one attached hydrogen (secondary N) is 3. The average molecular weight is 273 g/mol. The van der Waals surface area contributed by atoms with E-state index in [1.807, 2.05) is 5.32 Å². The van der Waals surface area contributed by atoms with Gasteiger partial charge in [-0.05, 0) is 18.6 Å². The van der Waals surface area contributed by atoms with Gasteiger partial charge in [0.25, 0.3) is 10.1 Å². The first-order valence-electron chi connectivity index (χ1n) is 4.62. The van der Waals surface area contributed by atoms with Gasteiger partial charge in [0.15, 0.2) is 11.9 Å². The standard InChI is InChI=1S/C7H8O3S.C2H7N5/c1-6-4-2-3-5-7(6)11(8,9)10;3-1(4)7-2(5)6/h2-5H,1H3,(H,8,9,10);(H7,3,4,5,6,7). The van der Waals surface area contributed by atoms with Crippen molar-refractivity contribution in [2.24, 2.45) is 11.5 Å². The van der Waals surface area contributed by atoms with Crippen LogP contribution in [0.3, 0.4) is 0 Å². The third-order valence-electron chi connectivity index (χ3n) is 1.64. The summed E-state index contributed by atoms with van der Waals surface area (Å²) in [7, 11) is -4.03. The van der Waals surface area contributed by atoms with E-state index in [4.69, 9.17) is 26.8 Å². The van der Waals surface area contributed by atoms with Crippen molar-refractivity contribution >= 4 is 22.0 Å². The van der Waals surface area contributed by atoms with Gasteiger partial charge in [-0.2, -0.15) is 8.42 Å². The van der Waals surface area contributed by atoms with E-state index in [0.717, 1.165) is 0 Å². The first kappa shape index (κ1) is 15.9. The fourth-order valence-electron chi connectivity index (χ4n) is 0.991. The first-order chi connectivity index (χ1) is 8.14. The van der Waals surface area contributed by atoms with Crippen LogP contribution < -0.4 is 16.8 Å². The smallest absolute Gasteiger partial charge is 0.294 e. The zero-order valence-corrected chi connectivity index (χ0v) is 10.5. The fourth-order valence-corrected chi connectivity index (χ4v) is 1.72. The first-order valence-corrected chi connectivity index (χ1v) is 6.06. The normalized spacial score (nSPS) is 9.89. The van der Waals surface area contributed by atoms with Crippen molar-refractivity contribution < 1.29 is 13.0 Å². The maximum absolute atomic E-state index is 10.6. The van der Waals surface area contributed by atoms with Crippen LogP contribution in [0.15, 0.2) is 29.2 Å². The van der Waals surface area contributed by atoms with E-state index in [0.29, 0.717) is 5.56 Å². The van der Waals surface area contributed by atoms with Crippen LogP contribution in [0.4, 0.5) is 0 Å². The van der Waals surface area contributed by atoms with Crippen LogP contribution in [0.5, 0.6) is 0 Å². The second-order valence-corrected chi connectivity index (χ2v) is 4.58. The van der Waals surface area contributed by atoms with Gasteiger partial charge in [0.05, 0.1) is 4.90 Å². The molecule has 0 amide bonds. The van der Waals surface area contributed by atoms with Crippen LogP contribution in [0, 0.1) is 17.7 Å². The van der Waals surface area contributed by atoms with Crippen molar-refractivity contribution in [1.29, 1.82) is 10.8 Å². The van der Waals surface area contributed by atoms with Crippen molar-refractivity contribution in [3.05, 3.63) is 29.8 Å². The van der Waals surface area contributed by atoms with Crippen molar-refractivity contribution in [2.75, 3.05) is 0 Å². The maximum Gasteiger partial charge on any atom is 0.294 e. The Morgan fingerprint density at radius 1 is 1.22 bits per heavy atom. The fraction of sp³-hybridized carbons (Fsp3) is 0.111. The van der Waals surface area contributed by atoms with Crippen LogP contribution in [0.1, 0.15) is 5.56 Å². The van der Waals surface area contributed by atoms with Gasteiger partial charge < -0.3 is 11.5 Å². The van der Waals surface area contributed by atoms with Crippen LogP contribution in [-0.4, -0.2) is 24.9 Å². The average Bonchev–Trinajstić information content (AvgIpc) is 2.14. The molecule has 0 unspecified atom stereocenters. The number of nitrogens with two attached hydrogens (primary N) is 2. The molecule has 0 bridgehead atoms. The molecule has 0 aliphatic heterocycles. The number of hydrogen-bond acceptors (Lipinski definition) is 4. The summed E-state index contributed by atoms with van der Waals surface area (Å²) < 4.78 is 29.9. The van der Waals surface area contributed by atoms with Gasteiger partial charge in [-0.25, -0.2) is 0 Å². The molecule has 8 nitrogen and oxygen atoms in total. The lowest BCUT2D eigenvalue weighted by atomic mass is 10.2. The minimum absolute atomic E-state index is 0.0278. The summed E-state index contributed by atoms with van der Waals surface area (Å²) in [5.41, 5.74) is 10.0. The molecule has 0 heterocycles. The Bertz CT molecular complexity index is 529. The molecule has 0 aromatic heterocycles.